The molecule has 0 saturated heterocycles. The SMILES string of the molecule is CCCCOC(=O)c1ccc(NC(=O)COc2ccc(N(Cc3ccc(Cl)cc3)S(=O)(=O)c3ccc(C)cc3)cc2)cc1. The Morgan fingerprint density at radius 3 is 2.14 bits per heavy atom. The highest BCUT2D eigenvalue weighted by atomic mass is 35.5. The monoisotopic (exact) mass is 620 g/mol. The lowest BCUT2D eigenvalue weighted by Gasteiger charge is -2.25. The topological polar surface area (TPSA) is 102 Å². The van der Waals surface area contributed by atoms with Gasteiger partial charge in [-0.25, -0.2) is 13.2 Å². The third-order valence-corrected chi connectivity index (χ3v) is 8.52. The third kappa shape index (κ3) is 8.83. The second-order valence-electron chi connectivity index (χ2n) is 9.85. The Bertz CT molecular complexity index is 1620. The zero-order valence-corrected chi connectivity index (χ0v) is 25.5. The number of nitrogens with zero attached hydrogens (tertiary/aromatic N) is 1. The Balaban J connectivity index is 1.41. The Kier molecular flexibility index (Phi) is 10.8. The zero-order valence-electron chi connectivity index (χ0n) is 24.0. The lowest BCUT2D eigenvalue weighted by molar-refractivity contribution is -0.118. The first-order valence-electron chi connectivity index (χ1n) is 13.8. The van der Waals surface area contributed by atoms with Gasteiger partial charge in [-0.15, -0.1) is 0 Å². The van der Waals surface area contributed by atoms with Crippen LogP contribution in [0.15, 0.2) is 102 Å². The van der Waals surface area contributed by atoms with Gasteiger partial charge in [-0.1, -0.05) is 54.8 Å². The van der Waals surface area contributed by atoms with Crippen LogP contribution >= 0.6 is 11.6 Å². The van der Waals surface area contributed by atoms with E-state index in [-0.39, 0.29) is 18.0 Å². The van der Waals surface area contributed by atoms with Crippen LogP contribution in [0.2, 0.25) is 5.02 Å². The number of aryl methyl sites for hydroxylation is 1. The van der Waals surface area contributed by atoms with Crippen LogP contribution in [0.25, 0.3) is 0 Å². The zero-order chi connectivity index (χ0) is 30.8. The average molecular weight is 621 g/mol. The highest BCUT2D eigenvalue weighted by Crippen LogP contribution is 2.28. The minimum absolute atomic E-state index is 0.0885. The summed E-state index contributed by atoms with van der Waals surface area (Å²) >= 11 is 6.03. The Morgan fingerprint density at radius 1 is 0.860 bits per heavy atom. The molecule has 0 fully saturated rings. The predicted octanol–water partition coefficient (Wildman–Crippen LogP) is 7.02. The second-order valence-corrected chi connectivity index (χ2v) is 12.1. The van der Waals surface area contributed by atoms with Gasteiger partial charge in [0.2, 0.25) is 0 Å². The number of benzene rings is 4. The van der Waals surface area contributed by atoms with Crippen LogP contribution in [0.1, 0.15) is 41.3 Å². The van der Waals surface area contributed by atoms with Crippen LogP contribution < -0.4 is 14.4 Å². The molecule has 1 amide bonds. The van der Waals surface area contributed by atoms with Crippen molar-refractivity contribution in [3.05, 3.63) is 119 Å². The molecule has 224 valence electrons. The maximum Gasteiger partial charge on any atom is 0.338 e. The van der Waals surface area contributed by atoms with Crippen LogP contribution in [0.5, 0.6) is 5.75 Å². The number of hydrogen-bond acceptors (Lipinski definition) is 6. The molecule has 4 aromatic carbocycles. The van der Waals surface area contributed by atoms with Crippen molar-refractivity contribution >= 4 is 44.9 Å². The fraction of sp³-hybridized carbons (Fsp3) is 0.212. The number of carbonyl (C=O) groups is 2. The van der Waals surface area contributed by atoms with E-state index in [9.17, 15) is 18.0 Å². The highest BCUT2D eigenvalue weighted by molar-refractivity contribution is 7.92. The molecule has 0 atom stereocenters. The van der Waals surface area contributed by atoms with Crippen molar-refractivity contribution in [2.75, 3.05) is 22.8 Å². The second kappa shape index (κ2) is 14.7. The van der Waals surface area contributed by atoms with E-state index in [1.165, 1.54) is 4.31 Å². The molecule has 4 aromatic rings. The molecule has 8 nitrogen and oxygen atoms in total. The summed E-state index contributed by atoms with van der Waals surface area (Å²) in [6.07, 6.45) is 1.74. The van der Waals surface area contributed by atoms with E-state index in [2.05, 4.69) is 5.32 Å². The van der Waals surface area contributed by atoms with Crippen molar-refractivity contribution in [1.82, 2.24) is 0 Å². The third-order valence-electron chi connectivity index (χ3n) is 6.48. The number of ether oxygens (including phenoxy) is 2. The number of rotatable bonds is 13. The van der Waals surface area contributed by atoms with Gasteiger partial charge in [0.15, 0.2) is 6.61 Å². The van der Waals surface area contributed by atoms with Crippen molar-refractivity contribution in [3.63, 3.8) is 0 Å². The Morgan fingerprint density at radius 2 is 1.51 bits per heavy atom. The van der Waals surface area contributed by atoms with E-state index in [0.717, 1.165) is 24.0 Å². The van der Waals surface area contributed by atoms with Gasteiger partial charge in [0.05, 0.1) is 29.3 Å². The van der Waals surface area contributed by atoms with Gasteiger partial charge in [-0.2, -0.15) is 0 Å². The van der Waals surface area contributed by atoms with Crippen molar-refractivity contribution in [2.45, 2.75) is 38.1 Å². The molecular weight excluding hydrogens is 588 g/mol. The van der Waals surface area contributed by atoms with E-state index < -0.39 is 21.9 Å². The summed E-state index contributed by atoms with van der Waals surface area (Å²) in [6, 6.07) is 26.6. The first-order chi connectivity index (χ1) is 20.7. The largest absolute Gasteiger partial charge is 0.484 e. The van der Waals surface area contributed by atoms with E-state index in [1.54, 1.807) is 97.1 Å². The molecule has 0 unspecified atom stereocenters. The molecule has 0 spiro atoms. The molecule has 0 aromatic heterocycles. The molecule has 10 heteroatoms. The number of unbranched alkanes of at least 4 members (excludes halogenated alkanes) is 1. The van der Waals surface area contributed by atoms with Gasteiger partial charge >= 0.3 is 5.97 Å². The minimum atomic E-state index is -3.90. The van der Waals surface area contributed by atoms with Crippen LogP contribution in [0, 0.1) is 6.92 Å². The van der Waals surface area contributed by atoms with Gasteiger partial charge in [0.1, 0.15) is 5.75 Å². The fourth-order valence-electron chi connectivity index (χ4n) is 4.04. The number of sulfonamides is 1. The minimum Gasteiger partial charge on any atom is -0.484 e. The maximum atomic E-state index is 13.7. The number of carbonyl (C=O) groups excluding carboxylic acids is 2. The first kappa shape index (κ1) is 31.6. The maximum absolute atomic E-state index is 13.7. The summed E-state index contributed by atoms with van der Waals surface area (Å²) in [5, 5.41) is 3.28. The van der Waals surface area contributed by atoms with Crippen LogP contribution in [0.4, 0.5) is 11.4 Å². The van der Waals surface area contributed by atoms with Crippen LogP contribution in [-0.4, -0.2) is 33.5 Å². The molecule has 43 heavy (non-hydrogen) atoms. The highest BCUT2D eigenvalue weighted by Gasteiger charge is 2.25. The summed E-state index contributed by atoms with van der Waals surface area (Å²) in [6.45, 7) is 4.10. The number of hydrogen-bond donors (Lipinski definition) is 1. The van der Waals surface area contributed by atoms with Gasteiger partial charge in [0, 0.05) is 10.7 Å². The smallest absolute Gasteiger partial charge is 0.338 e. The Hall–Kier alpha value is -4.34. The molecular formula is C33H33ClN2O6S. The fourth-order valence-corrected chi connectivity index (χ4v) is 5.62. The van der Waals surface area contributed by atoms with Gasteiger partial charge < -0.3 is 14.8 Å². The van der Waals surface area contributed by atoms with Gasteiger partial charge in [-0.05, 0) is 91.7 Å². The molecule has 0 saturated carbocycles. The average Bonchev–Trinajstić information content (AvgIpc) is 3.00. The number of esters is 1. The molecule has 0 bridgehead atoms. The number of amides is 1. The summed E-state index contributed by atoms with van der Waals surface area (Å²) in [7, 11) is -3.90. The molecule has 0 aliphatic carbocycles. The van der Waals surface area contributed by atoms with Gasteiger partial charge in [0.25, 0.3) is 15.9 Å². The van der Waals surface area contributed by atoms with E-state index >= 15 is 0 Å². The molecule has 0 heterocycles. The summed E-state index contributed by atoms with van der Waals surface area (Å²) in [4.78, 5) is 24.7. The number of anilines is 2. The number of halogens is 1. The molecule has 0 aliphatic rings. The lowest BCUT2D eigenvalue weighted by Crippen LogP contribution is -2.30. The van der Waals surface area contributed by atoms with Gasteiger partial charge in [-0.3, -0.25) is 9.10 Å². The van der Waals surface area contributed by atoms with Crippen molar-refractivity contribution < 1.29 is 27.5 Å². The molecule has 1 N–H and O–H groups in total. The summed E-state index contributed by atoms with van der Waals surface area (Å²) < 4.78 is 39.5. The van der Waals surface area contributed by atoms with E-state index in [4.69, 9.17) is 21.1 Å². The molecule has 4 rings (SSSR count). The molecule has 0 radical (unpaired) electrons. The normalized spacial score (nSPS) is 11.0. The quantitative estimate of drug-likeness (QED) is 0.127. The summed E-state index contributed by atoms with van der Waals surface area (Å²) in [5.74, 6) is -0.409. The number of nitrogens with one attached hydrogen (secondary N) is 1. The van der Waals surface area contributed by atoms with E-state index in [1.807, 2.05) is 13.8 Å². The van der Waals surface area contributed by atoms with Crippen molar-refractivity contribution in [1.29, 1.82) is 0 Å². The lowest BCUT2D eigenvalue weighted by atomic mass is 10.2. The van der Waals surface area contributed by atoms with Crippen molar-refractivity contribution in [3.8, 4) is 5.75 Å². The Labute approximate surface area is 257 Å². The van der Waals surface area contributed by atoms with Crippen LogP contribution in [0.3, 0.4) is 0 Å². The summed E-state index contributed by atoms with van der Waals surface area (Å²) in [5.41, 5.74) is 3.06. The predicted molar refractivity (Wildman–Crippen MR) is 168 cm³/mol. The van der Waals surface area contributed by atoms with Crippen LogP contribution in [-0.2, 0) is 26.1 Å². The van der Waals surface area contributed by atoms with Crippen molar-refractivity contribution in [2.24, 2.45) is 0 Å². The standard InChI is InChI=1S/C33H33ClN2O6S/c1-3-4-21-41-33(38)26-9-13-28(14-10-26)35-32(37)23-42-30-17-15-29(16-18-30)36(22-25-7-11-27(34)12-8-25)43(39,40)31-19-5-24(2)6-20-31/h5-20H,3-4,21-23H2,1-2H3,(H,35,37). The van der Waals surface area contributed by atoms with E-state index in [0.29, 0.717) is 34.3 Å². The first-order valence-corrected chi connectivity index (χ1v) is 15.6. The molecule has 0 aliphatic heterocycles.